The minimum Gasteiger partial charge on any atom is -0.398 e. The van der Waals surface area contributed by atoms with Crippen LogP contribution in [0.25, 0.3) is 0 Å². The highest BCUT2D eigenvalue weighted by Crippen LogP contribution is 2.22. The number of carbonyl (C=O) groups is 1. The number of carbonyl (C=O) groups excluding carboxylic acids is 1. The topological polar surface area (TPSA) is 55.1 Å². The Labute approximate surface area is 133 Å². The van der Waals surface area contributed by atoms with Gasteiger partial charge in [0.15, 0.2) is 0 Å². The van der Waals surface area contributed by atoms with E-state index in [4.69, 9.17) is 5.73 Å². The summed E-state index contributed by atoms with van der Waals surface area (Å²) < 4.78 is 0.731. The molecular weight excluding hydrogens is 328 g/mol. The van der Waals surface area contributed by atoms with Crippen molar-refractivity contribution in [3.63, 3.8) is 0 Å². The molecule has 0 fully saturated rings. The molecule has 1 amide bonds. The van der Waals surface area contributed by atoms with E-state index in [9.17, 15) is 4.79 Å². The first kappa shape index (κ1) is 15.6. The maximum Gasteiger partial charge on any atom is 0.251 e. The van der Waals surface area contributed by atoms with E-state index < -0.39 is 0 Å². The zero-order valence-electron chi connectivity index (χ0n) is 12.4. The Balaban J connectivity index is 2.18. The Morgan fingerprint density at radius 3 is 2.57 bits per heavy atom. The number of amides is 1. The molecule has 0 radical (unpaired) electrons. The van der Waals surface area contributed by atoms with Crippen LogP contribution in [0.4, 0.5) is 5.69 Å². The lowest BCUT2D eigenvalue weighted by Crippen LogP contribution is -2.27. The second kappa shape index (κ2) is 6.31. The Hall–Kier alpha value is -1.81. The number of hydrogen-bond donors (Lipinski definition) is 2. The fourth-order valence-corrected chi connectivity index (χ4v) is 2.63. The quantitative estimate of drug-likeness (QED) is 0.820. The predicted molar refractivity (Wildman–Crippen MR) is 90.4 cm³/mol. The van der Waals surface area contributed by atoms with Gasteiger partial charge in [-0.15, -0.1) is 0 Å². The van der Waals surface area contributed by atoms with Gasteiger partial charge < -0.3 is 11.1 Å². The van der Waals surface area contributed by atoms with Crippen molar-refractivity contribution in [2.24, 2.45) is 0 Å². The monoisotopic (exact) mass is 346 g/mol. The van der Waals surface area contributed by atoms with Crippen LogP contribution in [0.2, 0.25) is 0 Å². The molecule has 21 heavy (non-hydrogen) atoms. The average molecular weight is 347 g/mol. The van der Waals surface area contributed by atoms with Crippen LogP contribution in [0.3, 0.4) is 0 Å². The maximum atomic E-state index is 12.3. The molecule has 3 nitrogen and oxygen atoms in total. The third-order valence-corrected chi connectivity index (χ3v) is 4.20. The number of anilines is 1. The van der Waals surface area contributed by atoms with Crippen LogP contribution >= 0.6 is 15.9 Å². The normalized spacial score (nSPS) is 12.0. The Morgan fingerprint density at radius 1 is 1.19 bits per heavy atom. The van der Waals surface area contributed by atoms with E-state index in [-0.39, 0.29) is 11.9 Å². The standard InChI is InChI=1S/C17H19BrN2O/c1-10-4-5-11(2)14(8-10)12(3)20-17(21)13-6-7-16(19)15(18)9-13/h4-9,12H,19H2,1-3H3,(H,20,21). The van der Waals surface area contributed by atoms with Gasteiger partial charge in [0.05, 0.1) is 6.04 Å². The first-order valence-electron chi connectivity index (χ1n) is 6.81. The van der Waals surface area contributed by atoms with Gasteiger partial charge in [-0.1, -0.05) is 23.8 Å². The molecule has 0 heterocycles. The van der Waals surface area contributed by atoms with E-state index >= 15 is 0 Å². The lowest BCUT2D eigenvalue weighted by molar-refractivity contribution is 0.0940. The highest BCUT2D eigenvalue weighted by Gasteiger charge is 2.14. The van der Waals surface area contributed by atoms with Gasteiger partial charge in [-0.05, 0) is 66.0 Å². The third-order valence-electron chi connectivity index (χ3n) is 3.51. The van der Waals surface area contributed by atoms with Crippen molar-refractivity contribution in [2.45, 2.75) is 26.8 Å². The van der Waals surface area contributed by atoms with Crippen LogP contribution in [0.5, 0.6) is 0 Å². The van der Waals surface area contributed by atoms with Crippen molar-refractivity contribution >= 4 is 27.5 Å². The van der Waals surface area contributed by atoms with Gasteiger partial charge in [0.1, 0.15) is 0 Å². The summed E-state index contributed by atoms with van der Waals surface area (Å²) >= 11 is 3.34. The van der Waals surface area contributed by atoms with Crippen LogP contribution in [-0.4, -0.2) is 5.91 Å². The van der Waals surface area contributed by atoms with Crippen molar-refractivity contribution in [1.82, 2.24) is 5.32 Å². The summed E-state index contributed by atoms with van der Waals surface area (Å²) in [5.41, 5.74) is 10.4. The first-order valence-corrected chi connectivity index (χ1v) is 7.61. The fourth-order valence-electron chi connectivity index (χ4n) is 2.25. The molecule has 0 aliphatic carbocycles. The molecule has 0 aromatic heterocycles. The SMILES string of the molecule is Cc1ccc(C)c(C(C)NC(=O)c2ccc(N)c(Br)c2)c1. The van der Waals surface area contributed by atoms with Gasteiger partial charge in [0.25, 0.3) is 5.91 Å². The molecule has 0 bridgehead atoms. The van der Waals surface area contributed by atoms with E-state index in [1.807, 2.05) is 6.92 Å². The molecule has 0 saturated carbocycles. The van der Waals surface area contributed by atoms with Crippen LogP contribution < -0.4 is 11.1 Å². The van der Waals surface area contributed by atoms with Gasteiger partial charge in [-0.2, -0.15) is 0 Å². The number of benzene rings is 2. The molecule has 0 spiro atoms. The summed E-state index contributed by atoms with van der Waals surface area (Å²) in [6.45, 7) is 6.10. The number of nitrogen functional groups attached to an aromatic ring is 1. The lowest BCUT2D eigenvalue weighted by Gasteiger charge is -2.17. The fraction of sp³-hybridized carbons (Fsp3) is 0.235. The van der Waals surface area contributed by atoms with Gasteiger partial charge in [0.2, 0.25) is 0 Å². The average Bonchev–Trinajstić information content (AvgIpc) is 2.44. The number of nitrogens with two attached hydrogens (primary N) is 1. The van der Waals surface area contributed by atoms with Gasteiger partial charge in [0, 0.05) is 15.7 Å². The molecular formula is C17H19BrN2O. The van der Waals surface area contributed by atoms with E-state index in [1.54, 1.807) is 18.2 Å². The molecule has 110 valence electrons. The van der Waals surface area contributed by atoms with Crippen molar-refractivity contribution < 1.29 is 4.79 Å². The summed E-state index contributed by atoms with van der Waals surface area (Å²) in [5, 5.41) is 3.03. The molecule has 3 N–H and O–H groups in total. The number of hydrogen-bond acceptors (Lipinski definition) is 2. The van der Waals surface area contributed by atoms with E-state index in [0.29, 0.717) is 11.3 Å². The largest absolute Gasteiger partial charge is 0.398 e. The number of nitrogens with one attached hydrogen (secondary N) is 1. The summed E-state index contributed by atoms with van der Waals surface area (Å²) in [6.07, 6.45) is 0. The Kier molecular flexibility index (Phi) is 4.68. The molecule has 1 atom stereocenters. The Bertz CT molecular complexity index is 682. The molecule has 2 aromatic carbocycles. The zero-order chi connectivity index (χ0) is 15.6. The van der Waals surface area contributed by atoms with Crippen molar-refractivity contribution in [1.29, 1.82) is 0 Å². The second-order valence-electron chi connectivity index (χ2n) is 5.29. The van der Waals surface area contributed by atoms with Gasteiger partial charge in [-0.25, -0.2) is 0 Å². The van der Waals surface area contributed by atoms with Crippen LogP contribution in [0, 0.1) is 13.8 Å². The molecule has 1 unspecified atom stereocenters. The molecule has 2 rings (SSSR count). The molecule has 2 aromatic rings. The zero-order valence-corrected chi connectivity index (χ0v) is 14.0. The maximum absolute atomic E-state index is 12.3. The number of rotatable bonds is 3. The summed E-state index contributed by atoms with van der Waals surface area (Å²) in [6, 6.07) is 11.4. The molecule has 0 saturated heterocycles. The van der Waals surface area contributed by atoms with Crippen molar-refractivity contribution in [3.05, 3.63) is 63.1 Å². The first-order chi connectivity index (χ1) is 9.88. The van der Waals surface area contributed by atoms with Crippen LogP contribution in [0.1, 0.15) is 40.0 Å². The van der Waals surface area contributed by atoms with Crippen molar-refractivity contribution in [3.8, 4) is 0 Å². The minimum atomic E-state index is -0.107. The minimum absolute atomic E-state index is 0.0475. The van der Waals surface area contributed by atoms with Gasteiger partial charge in [-0.3, -0.25) is 4.79 Å². The van der Waals surface area contributed by atoms with Crippen LogP contribution in [0.15, 0.2) is 40.9 Å². The molecule has 4 heteroatoms. The van der Waals surface area contributed by atoms with Crippen molar-refractivity contribution in [2.75, 3.05) is 5.73 Å². The molecule has 0 aliphatic heterocycles. The summed E-state index contributed by atoms with van der Waals surface area (Å²) in [4.78, 5) is 12.3. The Morgan fingerprint density at radius 2 is 1.90 bits per heavy atom. The summed E-state index contributed by atoms with van der Waals surface area (Å²) in [7, 11) is 0. The third kappa shape index (κ3) is 3.64. The highest BCUT2D eigenvalue weighted by molar-refractivity contribution is 9.10. The number of halogens is 1. The summed E-state index contributed by atoms with van der Waals surface area (Å²) in [5.74, 6) is -0.107. The second-order valence-corrected chi connectivity index (χ2v) is 6.15. The number of aryl methyl sites for hydroxylation is 2. The molecule has 0 aliphatic rings. The smallest absolute Gasteiger partial charge is 0.251 e. The van der Waals surface area contributed by atoms with E-state index in [0.717, 1.165) is 10.0 Å². The van der Waals surface area contributed by atoms with E-state index in [2.05, 4.69) is 53.3 Å². The van der Waals surface area contributed by atoms with E-state index in [1.165, 1.54) is 11.1 Å². The predicted octanol–water partition coefficient (Wildman–Crippen LogP) is 4.14. The lowest BCUT2D eigenvalue weighted by atomic mass is 9.99. The van der Waals surface area contributed by atoms with Crippen LogP contribution in [-0.2, 0) is 0 Å². The highest BCUT2D eigenvalue weighted by atomic mass is 79.9. The van der Waals surface area contributed by atoms with Gasteiger partial charge >= 0.3 is 0 Å².